The van der Waals surface area contributed by atoms with Gasteiger partial charge >= 0.3 is 5.97 Å². The van der Waals surface area contributed by atoms with Crippen molar-refractivity contribution in [3.63, 3.8) is 0 Å². The lowest BCUT2D eigenvalue weighted by Crippen LogP contribution is -2.42. The molecule has 2 rings (SSSR count). The maximum Gasteiger partial charge on any atom is 0.326 e. The van der Waals surface area contributed by atoms with E-state index in [2.05, 4.69) is 6.92 Å². The highest BCUT2D eigenvalue weighted by Crippen LogP contribution is 2.39. The van der Waals surface area contributed by atoms with Gasteiger partial charge in [0.1, 0.15) is 6.04 Å². The molecule has 0 spiro atoms. The van der Waals surface area contributed by atoms with Crippen LogP contribution >= 0.6 is 0 Å². The number of hydrogen-bond donors (Lipinski definition) is 1. The molecule has 102 valence electrons. The zero-order valence-corrected chi connectivity index (χ0v) is 11.2. The van der Waals surface area contributed by atoms with E-state index in [0.717, 1.165) is 19.3 Å². The summed E-state index contributed by atoms with van der Waals surface area (Å²) >= 11 is 0. The number of rotatable bonds is 3. The van der Waals surface area contributed by atoms with Gasteiger partial charge in [0.05, 0.1) is 0 Å². The van der Waals surface area contributed by atoms with E-state index < -0.39 is 12.0 Å². The van der Waals surface area contributed by atoms with Crippen molar-refractivity contribution in [1.29, 1.82) is 0 Å². The minimum absolute atomic E-state index is 0.0456. The molecule has 18 heavy (non-hydrogen) atoms. The van der Waals surface area contributed by atoms with Crippen molar-refractivity contribution in [3.05, 3.63) is 0 Å². The van der Waals surface area contributed by atoms with Crippen LogP contribution in [0.25, 0.3) is 0 Å². The molecule has 0 bridgehead atoms. The van der Waals surface area contributed by atoms with Crippen LogP contribution in [0.15, 0.2) is 0 Å². The second kappa shape index (κ2) is 5.29. The molecular formula is C14H23NO3. The summed E-state index contributed by atoms with van der Waals surface area (Å²) in [5, 5.41) is 9.11. The van der Waals surface area contributed by atoms with Gasteiger partial charge in [-0.25, -0.2) is 4.79 Å². The maximum atomic E-state index is 12.3. The van der Waals surface area contributed by atoms with Crippen molar-refractivity contribution in [2.24, 2.45) is 5.41 Å². The smallest absolute Gasteiger partial charge is 0.326 e. The molecule has 1 N–H and O–H groups in total. The van der Waals surface area contributed by atoms with Gasteiger partial charge in [-0.1, -0.05) is 26.2 Å². The van der Waals surface area contributed by atoms with Gasteiger partial charge in [-0.3, -0.25) is 4.79 Å². The van der Waals surface area contributed by atoms with Crippen LogP contribution in [-0.4, -0.2) is 34.5 Å². The second-order valence-electron chi connectivity index (χ2n) is 6.13. The van der Waals surface area contributed by atoms with Gasteiger partial charge in [-0.15, -0.1) is 0 Å². The number of carboxylic acids is 1. The Kier molecular flexibility index (Phi) is 3.93. The Morgan fingerprint density at radius 2 is 1.89 bits per heavy atom. The number of carboxylic acid groups (broad SMARTS) is 1. The highest BCUT2D eigenvalue weighted by atomic mass is 16.4. The van der Waals surface area contributed by atoms with E-state index >= 15 is 0 Å². The molecule has 1 atom stereocenters. The predicted molar refractivity (Wildman–Crippen MR) is 68.2 cm³/mol. The Balaban J connectivity index is 1.96. The lowest BCUT2D eigenvalue weighted by atomic mass is 9.73. The molecule has 0 radical (unpaired) electrons. The molecule has 1 aliphatic carbocycles. The average Bonchev–Trinajstić information content (AvgIpc) is 2.78. The Morgan fingerprint density at radius 3 is 2.50 bits per heavy atom. The molecule has 1 aliphatic heterocycles. The average molecular weight is 253 g/mol. The Morgan fingerprint density at radius 1 is 1.22 bits per heavy atom. The molecule has 2 aliphatic rings. The summed E-state index contributed by atoms with van der Waals surface area (Å²) in [5.74, 6) is -0.807. The number of aliphatic carboxylic acids is 1. The van der Waals surface area contributed by atoms with E-state index in [1.165, 1.54) is 19.3 Å². The van der Waals surface area contributed by atoms with Crippen LogP contribution in [0.3, 0.4) is 0 Å². The Labute approximate surface area is 108 Å². The summed E-state index contributed by atoms with van der Waals surface area (Å²) in [6, 6.07) is -0.579. The quantitative estimate of drug-likeness (QED) is 0.840. The van der Waals surface area contributed by atoms with Gasteiger partial charge in [0, 0.05) is 13.0 Å². The number of carbonyl (C=O) groups excluding carboxylic acids is 1. The zero-order valence-electron chi connectivity index (χ0n) is 11.2. The lowest BCUT2D eigenvalue weighted by Gasteiger charge is -2.35. The Bertz CT molecular complexity index is 334. The fourth-order valence-corrected chi connectivity index (χ4v) is 3.37. The van der Waals surface area contributed by atoms with Crippen molar-refractivity contribution in [2.45, 2.75) is 64.3 Å². The van der Waals surface area contributed by atoms with E-state index in [1.807, 2.05) is 0 Å². The molecule has 0 aromatic carbocycles. The monoisotopic (exact) mass is 253 g/mol. The molecule has 1 amide bonds. The van der Waals surface area contributed by atoms with Gasteiger partial charge in [-0.05, 0) is 31.1 Å². The van der Waals surface area contributed by atoms with Crippen LogP contribution in [0.1, 0.15) is 58.3 Å². The van der Waals surface area contributed by atoms with E-state index in [9.17, 15) is 9.59 Å². The number of amides is 1. The fourth-order valence-electron chi connectivity index (χ4n) is 3.37. The first kappa shape index (κ1) is 13.4. The standard InChI is InChI=1S/C14H23NO3/c1-14(7-3-2-4-8-14)10-12(16)15-9-5-6-11(15)13(17)18/h11H,2-10H2,1H3,(H,17,18). The van der Waals surface area contributed by atoms with Crippen LogP contribution in [-0.2, 0) is 9.59 Å². The third-order valence-corrected chi connectivity index (χ3v) is 4.50. The minimum Gasteiger partial charge on any atom is -0.480 e. The minimum atomic E-state index is -0.852. The van der Waals surface area contributed by atoms with E-state index in [-0.39, 0.29) is 11.3 Å². The molecule has 1 saturated carbocycles. The molecular weight excluding hydrogens is 230 g/mol. The molecule has 4 heteroatoms. The zero-order chi connectivity index (χ0) is 13.2. The van der Waals surface area contributed by atoms with Crippen molar-refractivity contribution in [1.82, 2.24) is 4.90 Å². The lowest BCUT2D eigenvalue weighted by molar-refractivity contribution is -0.149. The van der Waals surface area contributed by atoms with E-state index in [4.69, 9.17) is 5.11 Å². The second-order valence-corrected chi connectivity index (χ2v) is 6.13. The molecule has 4 nitrogen and oxygen atoms in total. The molecule has 0 aromatic rings. The topological polar surface area (TPSA) is 57.6 Å². The number of nitrogens with zero attached hydrogens (tertiary/aromatic N) is 1. The summed E-state index contributed by atoms with van der Waals surface area (Å²) in [7, 11) is 0. The Hall–Kier alpha value is -1.06. The molecule has 1 saturated heterocycles. The molecule has 1 heterocycles. The van der Waals surface area contributed by atoms with Crippen LogP contribution < -0.4 is 0 Å². The van der Waals surface area contributed by atoms with Gasteiger partial charge < -0.3 is 10.0 Å². The third-order valence-electron chi connectivity index (χ3n) is 4.50. The normalized spacial score (nSPS) is 27.2. The van der Waals surface area contributed by atoms with Crippen molar-refractivity contribution in [2.75, 3.05) is 6.54 Å². The number of carbonyl (C=O) groups is 2. The van der Waals surface area contributed by atoms with Crippen molar-refractivity contribution in [3.8, 4) is 0 Å². The predicted octanol–water partition coefficient (Wildman–Crippen LogP) is 2.42. The summed E-state index contributed by atoms with van der Waals surface area (Å²) in [5.41, 5.74) is 0.0982. The molecule has 0 aromatic heterocycles. The molecule has 1 unspecified atom stereocenters. The number of hydrogen-bond acceptors (Lipinski definition) is 2. The van der Waals surface area contributed by atoms with Gasteiger partial charge in [-0.2, -0.15) is 0 Å². The number of likely N-dealkylation sites (tertiary alicyclic amines) is 1. The molecule has 2 fully saturated rings. The first-order valence-electron chi connectivity index (χ1n) is 7.04. The highest BCUT2D eigenvalue weighted by Gasteiger charge is 2.37. The van der Waals surface area contributed by atoms with Crippen LogP contribution in [0.5, 0.6) is 0 Å². The first-order chi connectivity index (χ1) is 8.52. The summed E-state index contributed by atoms with van der Waals surface area (Å²) in [6.45, 7) is 2.79. The van der Waals surface area contributed by atoms with Crippen LogP contribution in [0.4, 0.5) is 0 Å². The summed E-state index contributed by atoms with van der Waals surface area (Å²) < 4.78 is 0. The van der Waals surface area contributed by atoms with Crippen molar-refractivity contribution < 1.29 is 14.7 Å². The SMILES string of the molecule is CC1(CC(=O)N2CCCC2C(=O)O)CCCCC1. The third kappa shape index (κ3) is 2.85. The van der Waals surface area contributed by atoms with E-state index in [0.29, 0.717) is 19.4 Å². The maximum absolute atomic E-state index is 12.3. The van der Waals surface area contributed by atoms with Crippen molar-refractivity contribution >= 4 is 11.9 Å². The fraction of sp³-hybridized carbons (Fsp3) is 0.857. The highest BCUT2D eigenvalue weighted by molar-refractivity contribution is 5.84. The van der Waals surface area contributed by atoms with Crippen LogP contribution in [0.2, 0.25) is 0 Å². The summed E-state index contributed by atoms with van der Waals surface area (Å²) in [6.07, 6.45) is 7.83. The van der Waals surface area contributed by atoms with Crippen LogP contribution in [0, 0.1) is 5.41 Å². The van der Waals surface area contributed by atoms with Gasteiger partial charge in [0.25, 0.3) is 0 Å². The van der Waals surface area contributed by atoms with Gasteiger partial charge in [0.2, 0.25) is 5.91 Å². The van der Waals surface area contributed by atoms with E-state index in [1.54, 1.807) is 4.90 Å². The van der Waals surface area contributed by atoms with Gasteiger partial charge in [0.15, 0.2) is 0 Å². The first-order valence-corrected chi connectivity index (χ1v) is 7.04. The largest absolute Gasteiger partial charge is 0.480 e. The summed E-state index contributed by atoms with van der Waals surface area (Å²) in [4.78, 5) is 25.0.